The number of aliphatic hydroxyl groups is 2. The van der Waals surface area contributed by atoms with E-state index in [2.05, 4.69) is 0 Å². The lowest BCUT2D eigenvalue weighted by molar-refractivity contribution is -0.230. The molecule has 160 valence electrons. The lowest BCUT2D eigenvalue weighted by Gasteiger charge is -2.43. The molecule has 2 N–H and O–H groups in total. The molecule has 1 saturated heterocycles. The van der Waals surface area contributed by atoms with Crippen molar-refractivity contribution in [3.05, 3.63) is 71.8 Å². The van der Waals surface area contributed by atoms with Gasteiger partial charge in [-0.3, -0.25) is 0 Å². The topological polar surface area (TPSA) is 102 Å². The van der Waals surface area contributed by atoms with E-state index in [-0.39, 0.29) is 0 Å². The predicted octanol–water partition coefficient (Wildman–Crippen LogP) is 2.36. The highest BCUT2D eigenvalue weighted by Crippen LogP contribution is 2.29. The number of aliphatic hydroxyl groups excluding tert-OH is 2. The Morgan fingerprint density at radius 1 is 0.867 bits per heavy atom. The molecule has 3 rings (SSSR count). The van der Waals surface area contributed by atoms with Crippen molar-refractivity contribution in [1.82, 2.24) is 0 Å². The van der Waals surface area contributed by atoms with Crippen LogP contribution in [0.1, 0.15) is 40.5 Å². The van der Waals surface area contributed by atoms with Crippen molar-refractivity contribution in [2.45, 2.75) is 50.3 Å². The van der Waals surface area contributed by atoms with Crippen molar-refractivity contribution in [1.29, 1.82) is 0 Å². The van der Waals surface area contributed by atoms with Gasteiger partial charge in [0.05, 0.1) is 23.8 Å². The standard InChI is InChI=1S/C23H26O7/c1-2-9-17-20(29-22(26)15-10-5-3-6-11-15)19(25)21(18(14-24)28-17)30-23(27)16-12-7-4-8-13-16/h3-8,10-13,17-21,24-25H,2,9,14H2,1H3/t17-,18-,19-,20-,21-/m1/s1. The fourth-order valence-electron chi connectivity index (χ4n) is 3.49. The molecule has 1 aliphatic heterocycles. The second-order valence-corrected chi connectivity index (χ2v) is 7.15. The zero-order valence-electron chi connectivity index (χ0n) is 16.7. The third-order valence-electron chi connectivity index (χ3n) is 5.01. The molecular weight excluding hydrogens is 388 g/mol. The second kappa shape index (κ2) is 10.3. The van der Waals surface area contributed by atoms with E-state index in [1.807, 2.05) is 6.92 Å². The smallest absolute Gasteiger partial charge is 0.338 e. The average Bonchev–Trinajstić information content (AvgIpc) is 2.79. The minimum atomic E-state index is -1.35. The summed E-state index contributed by atoms with van der Waals surface area (Å²) in [6, 6.07) is 16.7. The van der Waals surface area contributed by atoms with Gasteiger partial charge in [0.25, 0.3) is 0 Å². The normalized spacial score (nSPS) is 26.0. The summed E-state index contributed by atoms with van der Waals surface area (Å²) in [6.45, 7) is 1.48. The Balaban J connectivity index is 1.80. The van der Waals surface area contributed by atoms with Crippen molar-refractivity contribution in [3.63, 3.8) is 0 Å². The van der Waals surface area contributed by atoms with Crippen molar-refractivity contribution >= 4 is 11.9 Å². The van der Waals surface area contributed by atoms with Gasteiger partial charge < -0.3 is 24.4 Å². The first kappa shape index (κ1) is 22.0. The Labute approximate surface area is 175 Å². The zero-order valence-corrected chi connectivity index (χ0v) is 16.7. The summed E-state index contributed by atoms with van der Waals surface area (Å²) < 4.78 is 16.9. The Hall–Kier alpha value is -2.74. The number of carbonyl (C=O) groups is 2. The predicted molar refractivity (Wildman–Crippen MR) is 108 cm³/mol. The highest BCUT2D eigenvalue weighted by Gasteiger charge is 2.48. The monoisotopic (exact) mass is 414 g/mol. The first-order valence-electron chi connectivity index (χ1n) is 10.0. The Morgan fingerprint density at radius 3 is 1.77 bits per heavy atom. The minimum absolute atomic E-state index is 0.301. The van der Waals surface area contributed by atoms with Crippen molar-refractivity contribution < 1.29 is 34.0 Å². The summed E-state index contributed by atoms with van der Waals surface area (Å²) >= 11 is 0. The van der Waals surface area contributed by atoms with Crippen LogP contribution in [0.5, 0.6) is 0 Å². The van der Waals surface area contributed by atoms with Gasteiger partial charge in [-0.1, -0.05) is 49.7 Å². The maximum absolute atomic E-state index is 12.6. The maximum Gasteiger partial charge on any atom is 0.338 e. The molecule has 7 nitrogen and oxygen atoms in total. The third-order valence-corrected chi connectivity index (χ3v) is 5.01. The molecule has 0 amide bonds. The van der Waals surface area contributed by atoms with Gasteiger partial charge in [-0.2, -0.15) is 0 Å². The highest BCUT2D eigenvalue weighted by molar-refractivity contribution is 5.90. The molecule has 2 aromatic rings. The molecule has 0 aliphatic carbocycles. The van der Waals surface area contributed by atoms with E-state index in [0.717, 1.165) is 0 Å². The molecule has 0 saturated carbocycles. The van der Waals surface area contributed by atoms with Crippen LogP contribution in [0.2, 0.25) is 0 Å². The quantitative estimate of drug-likeness (QED) is 0.671. The molecule has 1 heterocycles. The van der Waals surface area contributed by atoms with Gasteiger partial charge in [0.1, 0.15) is 12.2 Å². The van der Waals surface area contributed by atoms with Crippen LogP contribution in [0.3, 0.4) is 0 Å². The van der Waals surface area contributed by atoms with Crippen LogP contribution in [0.4, 0.5) is 0 Å². The number of benzene rings is 2. The lowest BCUT2D eigenvalue weighted by atomic mass is 9.92. The summed E-state index contributed by atoms with van der Waals surface area (Å²) in [5.41, 5.74) is 0.636. The molecule has 30 heavy (non-hydrogen) atoms. The highest BCUT2D eigenvalue weighted by atomic mass is 16.6. The molecule has 0 radical (unpaired) electrons. The van der Waals surface area contributed by atoms with Gasteiger partial charge in [-0.15, -0.1) is 0 Å². The van der Waals surface area contributed by atoms with E-state index in [4.69, 9.17) is 14.2 Å². The van der Waals surface area contributed by atoms with Crippen LogP contribution in [0.15, 0.2) is 60.7 Å². The molecule has 0 aromatic heterocycles. The van der Waals surface area contributed by atoms with Crippen molar-refractivity contribution in [2.75, 3.05) is 6.61 Å². The number of hydrogen-bond donors (Lipinski definition) is 2. The summed E-state index contributed by atoms with van der Waals surface area (Å²) in [7, 11) is 0. The Bertz CT molecular complexity index is 824. The number of rotatable bonds is 7. The number of ether oxygens (including phenoxy) is 3. The molecule has 1 aliphatic rings. The van der Waals surface area contributed by atoms with Gasteiger partial charge in [0, 0.05) is 0 Å². The first-order valence-corrected chi connectivity index (χ1v) is 10.0. The van der Waals surface area contributed by atoms with Crippen LogP contribution in [0, 0.1) is 0 Å². The summed E-state index contributed by atoms with van der Waals surface area (Å²) in [5, 5.41) is 20.7. The first-order chi connectivity index (χ1) is 14.5. The summed E-state index contributed by atoms with van der Waals surface area (Å²) in [6.07, 6.45) is -3.95. The summed E-state index contributed by atoms with van der Waals surface area (Å²) in [5.74, 6) is -1.27. The van der Waals surface area contributed by atoms with E-state index in [1.165, 1.54) is 0 Å². The van der Waals surface area contributed by atoms with Crippen molar-refractivity contribution in [3.8, 4) is 0 Å². The third kappa shape index (κ3) is 5.05. The number of carbonyl (C=O) groups excluding carboxylic acids is 2. The van der Waals surface area contributed by atoms with E-state index in [1.54, 1.807) is 60.7 Å². The Morgan fingerprint density at radius 2 is 1.33 bits per heavy atom. The second-order valence-electron chi connectivity index (χ2n) is 7.15. The molecule has 0 spiro atoms. The maximum atomic E-state index is 12.6. The van der Waals surface area contributed by atoms with E-state index >= 15 is 0 Å². The van der Waals surface area contributed by atoms with E-state index in [0.29, 0.717) is 24.0 Å². The van der Waals surface area contributed by atoms with Crippen molar-refractivity contribution in [2.24, 2.45) is 0 Å². The van der Waals surface area contributed by atoms with Crippen LogP contribution < -0.4 is 0 Å². The van der Waals surface area contributed by atoms with Crippen LogP contribution in [-0.4, -0.2) is 59.3 Å². The average molecular weight is 414 g/mol. The molecular formula is C23H26O7. The number of hydrogen-bond acceptors (Lipinski definition) is 7. The van der Waals surface area contributed by atoms with E-state index in [9.17, 15) is 19.8 Å². The van der Waals surface area contributed by atoms with Crippen LogP contribution in [0.25, 0.3) is 0 Å². The Kier molecular flexibility index (Phi) is 7.57. The number of esters is 2. The van der Waals surface area contributed by atoms with Crippen LogP contribution >= 0.6 is 0 Å². The van der Waals surface area contributed by atoms with Gasteiger partial charge in [-0.25, -0.2) is 9.59 Å². The molecule has 2 aromatic carbocycles. The largest absolute Gasteiger partial charge is 0.453 e. The molecule has 0 bridgehead atoms. The molecule has 0 unspecified atom stereocenters. The zero-order chi connectivity index (χ0) is 21.5. The molecule has 5 atom stereocenters. The van der Waals surface area contributed by atoms with Gasteiger partial charge in [0.2, 0.25) is 0 Å². The van der Waals surface area contributed by atoms with E-state index < -0.39 is 49.1 Å². The summed E-state index contributed by atoms with van der Waals surface area (Å²) in [4.78, 5) is 25.1. The van der Waals surface area contributed by atoms with Gasteiger partial charge in [-0.05, 0) is 30.7 Å². The fraction of sp³-hybridized carbons (Fsp3) is 0.391. The SMILES string of the molecule is CCC[C@H]1O[C@H](CO)[C@@H](OC(=O)c2ccccc2)[C@H](O)[C@@H]1OC(=O)c1ccccc1. The van der Waals surface area contributed by atoms with Gasteiger partial charge >= 0.3 is 11.9 Å². The minimum Gasteiger partial charge on any atom is -0.453 e. The van der Waals surface area contributed by atoms with Crippen LogP contribution in [-0.2, 0) is 14.2 Å². The van der Waals surface area contributed by atoms with Gasteiger partial charge in [0.15, 0.2) is 12.2 Å². The molecule has 1 fully saturated rings. The lowest BCUT2D eigenvalue weighted by Crippen LogP contribution is -2.61. The molecule has 7 heteroatoms. The fourth-order valence-corrected chi connectivity index (χ4v) is 3.49.